The van der Waals surface area contributed by atoms with Gasteiger partial charge in [0.05, 0.1) is 0 Å². The van der Waals surface area contributed by atoms with Gasteiger partial charge in [-0.25, -0.2) is 0 Å². The van der Waals surface area contributed by atoms with Crippen molar-refractivity contribution >= 4 is 0 Å². The lowest BCUT2D eigenvalue weighted by Gasteiger charge is -2.24. The Morgan fingerprint density at radius 2 is 1.64 bits per heavy atom. The molecule has 0 saturated carbocycles. The van der Waals surface area contributed by atoms with Crippen LogP contribution in [0.15, 0.2) is 0 Å². The molecule has 0 amide bonds. The fraction of sp³-hybridized carbons (Fsp3) is 1.00. The maximum absolute atomic E-state index is 3.57. The van der Waals surface area contributed by atoms with Gasteiger partial charge in [-0.3, -0.25) is 0 Å². The maximum atomic E-state index is 3.57. The van der Waals surface area contributed by atoms with Gasteiger partial charge < -0.3 is 5.32 Å². The van der Waals surface area contributed by atoms with Crippen LogP contribution in [-0.4, -0.2) is 12.1 Å². The van der Waals surface area contributed by atoms with Crippen molar-refractivity contribution in [2.45, 2.75) is 66.3 Å². The average molecular weight is 199 g/mol. The van der Waals surface area contributed by atoms with Crippen LogP contribution in [0.2, 0.25) is 0 Å². The zero-order valence-corrected chi connectivity index (χ0v) is 11.0. The summed E-state index contributed by atoms with van der Waals surface area (Å²) in [6.45, 7) is 14.8. The minimum absolute atomic E-state index is 0.266. The first kappa shape index (κ1) is 14.0. The van der Waals surface area contributed by atoms with Gasteiger partial charge in [-0.2, -0.15) is 0 Å². The molecule has 2 unspecified atom stereocenters. The topological polar surface area (TPSA) is 12.0 Å². The summed E-state index contributed by atoms with van der Waals surface area (Å²) < 4.78 is 0. The summed E-state index contributed by atoms with van der Waals surface area (Å²) in [5.74, 6) is 1.69. The predicted octanol–water partition coefficient (Wildman–Crippen LogP) is 3.84. The average Bonchev–Trinajstić information content (AvgIpc) is 2.00. The van der Waals surface area contributed by atoms with E-state index in [4.69, 9.17) is 0 Å². The summed E-state index contributed by atoms with van der Waals surface area (Å²) in [6, 6.07) is 0. The molecular formula is C13H29N. The van der Waals surface area contributed by atoms with Gasteiger partial charge in [0.2, 0.25) is 0 Å². The summed E-state index contributed by atoms with van der Waals surface area (Å²) >= 11 is 0. The summed E-state index contributed by atoms with van der Waals surface area (Å²) in [5.41, 5.74) is 0.266. The standard InChI is InChI=1S/C13H29N/c1-7-8-11(2)9-12(3)10-14-13(4,5)6/h11-12,14H,7-10H2,1-6H3. The first-order valence-corrected chi connectivity index (χ1v) is 6.10. The van der Waals surface area contributed by atoms with Crippen molar-refractivity contribution < 1.29 is 0 Å². The Bertz CT molecular complexity index is 135. The molecule has 1 N–H and O–H groups in total. The first-order chi connectivity index (χ1) is 6.35. The molecule has 1 heteroatoms. The monoisotopic (exact) mass is 199 g/mol. The summed E-state index contributed by atoms with van der Waals surface area (Å²) in [5, 5.41) is 3.57. The van der Waals surface area contributed by atoms with Crippen molar-refractivity contribution in [3.63, 3.8) is 0 Å². The zero-order valence-electron chi connectivity index (χ0n) is 11.0. The van der Waals surface area contributed by atoms with Gasteiger partial charge in [0.15, 0.2) is 0 Å². The van der Waals surface area contributed by atoms with Crippen molar-refractivity contribution in [2.24, 2.45) is 11.8 Å². The lowest BCUT2D eigenvalue weighted by Crippen LogP contribution is -2.38. The molecule has 0 radical (unpaired) electrons. The first-order valence-electron chi connectivity index (χ1n) is 6.10. The molecular weight excluding hydrogens is 170 g/mol. The minimum Gasteiger partial charge on any atom is -0.312 e. The van der Waals surface area contributed by atoms with Crippen LogP contribution in [0.5, 0.6) is 0 Å². The Hall–Kier alpha value is -0.0400. The quantitative estimate of drug-likeness (QED) is 0.685. The van der Waals surface area contributed by atoms with Gasteiger partial charge in [-0.1, -0.05) is 33.6 Å². The zero-order chi connectivity index (χ0) is 11.2. The van der Waals surface area contributed by atoms with E-state index in [-0.39, 0.29) is 5.54 Å². The van der Waals surface area contributed by atoms with E-state index in [1.165, 1.54) is 19.3 Å². The van der Waals surface area contributed by atoms with Gasteiger partial charge in [0, 0.05) is 5.54 Å². The van der Waals surface area contributed by atoms with Crippen LogP contribution in [0.1, 0.15) is 60.8 Å². The van der Waals surface area contributed by atoms with Crippen molar-refractivity contribution in [1.82, 2.24) is 5.32 Å². The Morgan fingerprint density at radius 3 is 2.07 bits per heavy atom. The third kappa shape index (κ3) is 8.55. The summed E-state index contributed by atoms with van der Waals surface area (Å²) in [6.07, 6.45) is 4.05. The Labute approximate surface area is 90.7 Å². The number of hydrogen-bond acceptors (Lipinski definition) is 1. The van der Waals surface area contributed by atoms with Crippen molar-refractivity contribution in [1.29, 1.82) is 0 Å². The number of nitrogens with one attached hydrogen (secondary N) is 1. The number of hydrogen-bond donors (Lipinski definition) is 1. The van der Waals surface area contributed by atoms with E-state index in [1.54, 1.807) is 0 Å². The molecule has 0 aliphatic heterocycles. The lowest BCUT2D eigenvalue weighted by atomic mass is 9.93. The van der Waals surface area contributed by atoms with Crippen molar-refractivity contribution in [3.8, 4) is 0 Å². The molecule has 1 nitrogen and oxygen atoms in total. The molecule has 0 aromatic rings. The highest BCUT2D eigenvalue weighted by atomic mass is 14.9. The van der Waals surface area contributed by atoms with E-state index < -0.39 is 0 Å². The highest BCUT2D eigenvalue weighted by Crippen LogP contribution is 2.16. The van der Waals surface area contributed by atoms with Crippen LogP contribution >= 0.6 is 0 Å². The second-order valence-corrected chi connectivity index (χ2v) is 5.87. The van der Waals surface area contributed by atoms with Crippen molar-refractivity contribution in [2.75, 3.05) is 6.54 Å². The summed E-state index contributed by atoms with van der Waals surface area (Å²) in [7, 11) is 0. The van der Waals surface area contributed by atoms with Crippen LogP contribution in [0.3, 0.4) is 0 Å². The SMILES string of the molecule is CCCC(C)CC(C)CNC(C)(C)C. The van der Waals surface area contributed by atoms with E-state index in [0.717, 1.165) is 18.4 Å². The van der Waals surface area contributed by atoms with E-state index in [1.807, 2.05) is 0 Å². The van der Waals surface area contributed by atoms with Crippen LogP contribution < -0.4 is 5.32 Å². The van der Waals surface area contributed by atoms with E-state index in [2.05, 4.69) is 46.9 Å². The van der Waals surface area contributed by atoms with Crippen LogP contribution in [0.4, 0.5) is 0 Å². The molecule has 2 atom stereocenters. The van der Waals surface area contributed by atoms with Gasteiger partial charge in [0.25, 0.3) is 0 Å². The van der Waals surface area contributed by atoms with Crippen LogP contribution in [-0.2, 0) is 0 Å². The number of rotatable bonds is 6. The lowest BCUT2D eigenvalue weighted by molar-refractivity contribution is 0.333. The maximum Gasteiger partial charge on any atom is 0.00966 e. The molecule has 14 heavy (non-hydrogen) atoms. The predicted molar refractivity (Wildman–Crippen MR) is 65.6 cm³/mol. The Balaban J connectivity index is 3.59. The molecule has 0 aliphatic rings. The third-order valence-corrected chi connectivity index (χ3v) is 2.57. The molecule has 0 spiro atoms. The van der Waals surface area contributed by atoms with Gasteiger partial charge >= 0.3 is 0 Å². The van der Waals surface area contributed by atoms with Gasteiger partial charge in [-0.15, -0.1) is 0 Å². The fourth-order valence-electron chi connectivity index (χ4n) is 1.86. The molecule has 0 heterocycles. The molecule has 0 bridgehead atoms. The van der Waals surface area contributed by atoms with Gasteiger partial charge in [0.1, 0.15) is 0 Å². The fourth-order valence-corrected chi connectivity index (χ4v) is 1.86. The van der Waals surface area contributed by atoms with Crippen molar-refractivity contribution in [3.05, 3.63) is 0 Å². The minimum atomic E-state index is 0.266. The largest absolute Gasteiger partial charge is 0.312 e. The second kappa shape index (κ2) is 6.44. The molecule has 0 fully saturated rings. The highest BCUT2D eigenvalue weighted by Gasteiger charge is 2.12. The molecule has 0 rings (SSSR count). The Kier molecular flexibility index (Phi) is 6.43. The molecule has 0 aliphatic carbocycles. The molecule has 0 saturated heterocycles. The third-order valence-electron chi connectivity index (χ3n) is 2.57. The highest BCUT2D eigenvalue weighted by molar-refractivity contribution is 4.72. The van der Waals surface area contributed by atoms with E-state index in [0.29, 0.717) is 0 Å². The van der Waals surface area contributed by atoms with Crippen LogP contribution in [0.25, 0.3) is 0 Å². The smallest absolute Gasteiger partial charge is 0.00966 e. The van der Waals surface area contributed by atoms with E-state index in [9.17, 15) is 0 Å². The molecule has 0 aromatic carbocycles. The van der Waals surface area contributed by atoms with Gasteiger partial charge in [-0.05, 0) is 45.6 Å². The second-order valence-electron chi connectivity index (χ2n) is 5.87. The van der Waals surface area contributed by atoms with E-state index >= 15 is 0 Å². The molecule has 86 valence electrons. The molecule has 0 aromatic heterocycles. The van der Waals surface area contributed by atoms with Crippen LogP contribution in [0, 0.1) is 11.8 Å². The Morgan fingerprint density at radius 1 is 1.07 bits per heavy atom. The normalized spacial score (nSPS) is 16.7. The summed E-state index contributed by atoms with van der Waals surface area (Å²) in [4.78, 5) is 0.